The van der Waals surface area contributed by atoms with E-state index in [2.05, 4.69) is 70.8 Å². The lowest BCUT2D eigenvalue weighted by molar-refractivity contribution is 0.583. The summed E-state index contributed by atoms with van der Waals surface area (Å²) in [5, 5.41) is 5.66. The van der Waals surface area contributed by atoms with Crippen molar-refractivity contribution in [2.45, 2.75) is 26.4 Å². The van der Waals surface area contributed by atoms with Gasteiger partial charge in [-0.25, -0.2) is 0 Å². The van der Waals surface area contributed by atoms with Crippen molar-refractivity contribution in [1.29, 1.82) is 0 Å². The Balaban J connectivity index is 1.96. The summed E-state index contributed by atoms with van der Waals surface area (Å²) in [6.07, 6.45) is 0. The average Bonchev–Trinajstić information content (AvgIpc) is 2.84. The fraction of sp³-hybridized carbons (Fsp3) is 0.286. The van der Waals surface area contributed by atoms with E-state index in [4.69, 9.17) is 0 Å². The van der Waals surface area contributed by atoms with Crippen molar-refractivity contribution >= 4 is 27.3 Å². The van der Waals surface area contributed by atoms with Gasteiger partial charge in [-0.05, 0) is 42.5 Å². The quantitative estimate of drug-likeness (QED) is 0.865. The Labute approximate surface area is 115 Å². The number of thiophene rings is 1. The van der Waals surface area contributed by atoms with Gasteiger partial charge in [0.05, 0.1) is 0 Å². The van der Waals surface area contributed by atoms with Crippen LogP contribution in [0.1, 0.15) is 29.0 Å². The molecule has 2 rings (SSSR count). The third-order valence-corrected chi connectivity index (χ3v) is 4.73. The molecule has 0 spiro atoms. The van der Waals surface area contributed by atoms with Crippen molar-refractivity contribution in [3.8, 4) is 0 Å². The fourth-order valence-corrected chi connectivity index (χ4v) is 2.84. The number of nitrogens with one attached hydrogen (secondary N) is 1. The van der Waals surface area contributed by atoms with E-state index in [1.165, 1.54) is 20.5 Å². The van der Waals surface area contributed by atoms with Crippen LogP contribution in [0.3, 0.4) is 0 Å². The van der Waals surface area contributed by atoms with E-state index in [0.29, 0.717) is 6.04 Å². The molecular formula is C14H16BrNS. The minimum Gasteiger partial charge on any atom is -0.305 e. The molecule has 0 radical (unpaired) electrons. The van der Waals surface area contributed by atoms with Crippen LogP contribution in [0, 0.1) is 6.92 Å². The molecule has 0 aliphatic rings. The highest BCUT2D eigenvalue weighted by molar-refractivity contribution is 9.10. The van der Waals surface area contributed by atoms with Gasteiger partial charge in [0.1, 0.15) is 0 Å². The number of rotatable bonds is 4. The van der Waals surface area contributed by atoms with Gasteiger partial charge in [-0.3, -0.25) is 0 Å². The minimum atomic E-state index is 0.412. The zero-order valence-electron chi connectivity index (χ0n) is 10.0. The van der Waals surface area contributed by atoms with E-state index >= 15 is 0 Å². The molecule has 2 aromatic rings. The highest BCUT2D eigenvalue weighted by Crippen LogP contribution is 2.20. The first-order valence-electron chi connectivity index (χ1n) is 5.68. The van der Waals surface area contributed by atoms with Gasteiger partial charge in [0.15, 0.2) is 0 Å². The highest BCUT2D eigenvalue weighted by atomic mass is 79.9. The lowest BCUT2D eigenvalue weighted by atomic mass is 10.1. The Morgan fingerprint density at radius 3 is 2.82 bits per heavy atom. The van der Waals surface area contributed by atoms with Crippen molar-refractivity contribution in [1.82, 2.24) is 5.32 Å². The molecule has 1 N–H and O–H groups in total. The molecule has 0 amide bonds. The van der Waals surface area contributed by atoms with Crippen LogP contribution in [0.5, 0.6) is 0 Å². The first-order valence-corrected chi connectivity index (χ1v) is 7.36. The monoisotopic (exact) mass is 309 g/mol. The van der Waals surface area contributed by atoms with Gasteiger partial charge in [0.25, 0.3) is 0 Å². The number of hydrogen-bond acceptors (Lipinski definition) is 2. The van der Waals surface area contributed by atoms with E-state index in [-0.39, 0.29) is 0 Å². The van der Waals surface area contributed by atoms with Crippen LogP contribution < -0.4 is 5.32 Å². The first-order chi connectivity index (χ1) is 8.16. The summed E-state index contributed by atoms with van der Waals surface area (Å²) >= 11 is 5.37. The summed E-state index contributed by atoms with van der Waals surface area (Å²) in [5.41, 5.74) is 2.59. The van der Waals surface area contributed by atoms with E-state index in [9.17, 15) is 0 Å². The minimum absolute atomic E-state index is 0.412. The number of aryl methyl sites for hydroxylation is 1. The molecule has 0 unspecified atom stereocenters. The second-order valence-corrected chi connectivity index (χ2v) is 6.04. The molecule has 1 atom stereocenters. The Kier molecular flexibility index (Phi) is 4.37. The van der Waals surface area contributed by atoms with Crippen molar-refractivity contribution in [2.24, 2.45) is 0 Å². The van der Waals surface area contributed by atoms with E-state index in [0.717, 1.165) is 6.54 Å². The largest absolute Gasteiger partial charge is 0.305 e. The maximum Gasteiger partial charge on any atom is 0.0388 e. The molecule has 1 aromatic heterocycles. The molecule has 0 saturated carbocycles. The van der Waals surface area contributed by atoms with Gasteiger partial charge < -0.3 is 5.32 Å². The molecule has 0 aliphatic carbocycles. The summed E-state index contributed by atoms with van der Waals surface area (Å²) < 4.78 is 1.18. The van der Waals surface area contributed by atoms with Gasteiger partial charge in [-0.1, -0.05) is 34.1 Å². The number of halogens is 1. The van der Waals surface area contributed by atoms with Crippen LogP contribution in [-0.4, -0.2) is 0 Å². The van der Waals surface area contributed by atoms with E-state index in [1.54, 1.807) is 11.3 Å². The summed E-state index contributed by atoms with van der Waals surface area (Å²) in [6, 6.07) is 11.2. The molecule has 3 heteroatoms. The smallest absolute Gasteiger partial charge is 0.0388 e. The topological polar surface area (TPSA) is 12.0 Å². The Hall–Kier alpha value is -0.640. The zero-order chi connectivity index (χ0) is 12.3. The van der Waals surface area contributed by atoms with Gasteiger partial charge in [0.2, 0.25) is 0 Å². The number of benzene rings is 1. The summed E-state index contributed by atoms with van der Waals surface area (Å²) in [4.78, 5) is 1.39. The first kappa shape index (κ1) is 12.8. The van der Waals surface area contributed by atoms with Crippen molar-refractivity contribution in [3.05, 3.63) is 56.2 Å². The molecule has 0 aliphatic heterocycles. The third-order valence-electron chi connectivity index (χ3n) is 2.82. The van der Waals surface area contributed by atoms with Crippen LogP contribution in [0.2, 0.25) is 0 Å². The van der Waals surface area contributed by atoms with Crippen LogP contribution in [0.25, 0.3) is 0 Å². The normalized spacial score (nSPS) is 12.6. The molecule has 0 saturated heterocycles. The molecule has 17 heavy (non-hydrogen) atoms. The predicted octanol–water partition coefficient (Wildman–Crippen LogP) is 4.67. The predicted molar refractivity (Wildman–Crippen MR) is 78.5 cm³/mol. The van der Waals surface area contributed by atoms with Crippen LogP contribution in [-0.2, 0) is 6.54 Å². The third kappa shape index (κ3) is 3.41. The molecule has 1 nitrogen and oxygen atoms in total. The van der Waals surface area contributed by atoms with Gasteiger partial charge in [-0.2, -0.15) is 0 Å². The van der Waals surface area contributed by atoms with Crippen molar-refractivity contribution in [2.75, 3.05) is 0 Å². The maximum absolute atomic E-state index is 3.57. The van der Waals surface area contributed by atoms with E-state index in [1.807, 2.05) is 0 Å². The average molecular weight is 310 g/mol. The lowest BCUT2D eigenvalue weighted by Crippen LogP contribution is -2.17. The molecule has 90 valence electrons. The molecule has 0 bridgehead atoms. The molecule has 1 aromatic carbocycles. The zero-order valence-corrected chi connectivity index (χ0v) is 12.4. The summed E-state index contributed by atoms with van der Waals surface area (Å²) in [7, 11) is 0. The van der Waals surface area contributed by atoms with Gasteiger partial charge in [-0.15, -0.1) is 11.3 Å². The second kappa shape index (κ2) is 5.80. The number of hydrogen-bond donors (Lipinski definition) is 1. The van der Waals surface area contributed by atoms with Crippen LogP contribution in [0.4, 0.5) is 0 Å². The Morgan fingerprint density at radius 2 is 2.18 bits per heavy atom. The van der Waals surface area contributed by atoms with Gasteiger partial charge in [0, 0.05) is 21.9 Å². The van der Waals surface area contributed by atoms with Crippen molar-refractivity contribution in [3.63, 3.8) is 0 Å². The van der Waals surface area contributed by atoms with Crippen LogP contribution in [0.15, 0.2) is 40.2 Å². The molecule has 0 fully saturated rings. The summed E-state index contributed by atoms with van der Waals surface area (Å²) in [6.45, 7) is 5.21. The maximum atomic E-state index is 3.57. The molecular weight excluding hydrogens is 294 g/mol. The second-order valence-electron chi connectivity index (χ2n) is 4.20. The highest BCUT2D eigenvalue weighted by Gasteiger charge is 2.05. The van der Waals surface area contributed by atoms with Gasteiger partial charge >= 0.3 is 0 Å². The van der Waals surface area contributed by atoms with Crippen molar-refractivity contribution < 1.29 is 0 Å². The summed E-state index contributed by atoms with van der Waals surface area (Å²) in [5.74, 6) is 0. The standard InChI is InChI=1S/C14H16BrNS/c1-10-5-6-12(8-13(10)15)9-16-11(2)14-4-3-7-17-14/h3-8,11,16H,9H2,1-2H3/t11-/m1/s1. The fourth-order valence-electron chi connectivity index (χ4n) is 1.66. The van der Waals surface area contributed by atoms with Crippen LogP contribution >= 0.6 is 27.3 Å². The lowest BCUT2D eigenvalue weighted by Gasteiger charge is -2.12. The van der Waals surface area contributed by atoms with E-state index < -0.39 is 0 Å². The SMILES string of the molecule is Cc1ccc(CN[C@H](C)c2cccs2)cc1Br. The Morgan fingerprint density at radius 1 is 1.35 bits per heavy atom. The molecule has 1 heterocycles. The Bertz CT molecular complexity index is 479.